The van der Waals surface area contributed by atoms with Crippen LogP contribution in [0.2, 0.25) is 0 Å². The molecule has 4 nitrogen and oxygen atoms in total. The van der Waals surface area contributed by atoms with Crippen molar-refractivity contribution in [1.82, 2.24) is 10.2 Å². The Bertz CT molecular complexity index is 601. The number of fused-ring (bicyclic) bond motifs is 1. The second kappa shape index (κ2) is 6.67. The van der Waals surface area contributed by atoms with Gasteiger partial charge in [0.25, 0.3) is 0 Å². The van der Waals surface area contributed by atoms with Crippen LogP contribution in [0, 0.1) is 5.92 Å². The molecule has 1 N–H and O–H groups in total. The predicted octanol–water partition coefficient (Wildman–Crippen LogP) is 2.78. The van der Waals surface area contributed by atoms with Crippen molar-refractivity contribution in [2.24, 2.45) is 5.92 Å². The van der Waals surface area contributed by atoms with E-state index in [0.29, 0.717) is 12.0 Å². The number of rotatable bonds is 3. The maximum absolute atomic E-state index is 13.0. The average molecular weight is 326 g/mol. The maximum atomic E-state index is 13.0. The highest BCUT2D eigenvalue weighted by Crippen LogP contribution is 2.34. The summed E-state index contributed by atoms with van der Waals surface area (Å²) in [6.45, 7) is 0.718. The molecule has 4 atom stereocenters. The lowest BCUT2D eigenvalue weighted by Crippen LogP contribution is -2.49. The Balaban J connectivity index is 1.46. The minimum atomic E-state index is -0.274. The van der Waals surface area contributed by atoms with Gasteiger partial charge in [-0.15, -0.1) is 0 Å². The fourth-order valence-corrected chi connectivity index (χ4v) is 4.81. The first kappa shape index (κ1) is 15.8. The van der Waals surface area contributed by atoms with E-state index in [9.17, 15) is 9.59 Å². The smallest absolute Gasteiger partial charge is 0.240 e. The third-order valence-corrected chi connectivity index (χ3v) is 6.06. The van der Waals surface area contributed by atoms with Crippen molar-refractivity contribution in [3.05, 3.63) is 35.9 Å². The molecule has 1 saturated carbocycles. The second-order valence-electron chi connectivity index (χ2n) is 7.53. The zero-order valence-corrected chi connectivity index (χ0v) is 14.1. The zero-order chi connectivity index (χ0) is 16.5. The van der Waals surface area contributed by atoms with E-state index in [1.54, 1.807) is 0 Å². The Morgan fingerprint density at radius 2 is 1.79 bits per heavy atom. The van der Waals surface area contributed by atoms with E-state index >= 15 is 0 Å². The van der Waals surface area contributed by atoms with Crippen molar-refractivity contribution < 1.29 is 9.59 Å². The van der Waals surface area contributed by atoms with Gasteiger partial charge >= 0.3 is 0 Å². The molecule has 3 aliphatic rings. The number of carbonyl (C=O) groups is 2. The average Bonchev–Trinajstić information content (AvgIpc) is 3.28. The van der Waals surface area contributed by atoms with Crippen LogP contribution in [0.15, 0.2) is 30.3 Å². The number of hydrogen-bond acceptors (Lipinski definition) is 3. The molecule has 128 valence electrons. The number of Topliss-reactive ketones (excluding diaryl/α,β-unsaturated/α-hetero) is 1. The van der Waals surface area contributed by atoms with Gasteiger partial charge < -0.3 is 10.2 Å². The number of amides is 1. The summed E-state index contributed by atoms with van der Waals surface area (Å²) in [5.74, 6) is 0.895. The van der Waals surface area contributed by atoms with Crippen LogP contribution in [0.4, 0.5) is 0 Å². The van der Waals surface area contributed by atoms with E-state index in [-0.39, 0.29) is 23.8 Å². The maximum Gasteiger partial charge on any atom is 0.240 e. The van der Waals surface area contributed by atoms with Gasteiger partial charge in [0.05, 0.1) is 12.1 Å². The first-order chi connectivity index (χ1) is 11.7. The quantitative estimate of drug-likeness (QED) is 0.869. The number of hydrogen-bond donors (Lipinski definition) is 1. The van der Waals surface area contributed by atoms with Gasteiger partial charge in [0.2, 0.25) is 5.91 Å². The topological polar surface area (TPSA) is 49.4 Å². The van der Waals surface area contributed by atoms with Gasteiger partial charge in [-0.05, 0) is 38.0 Å². The van der Waals surface area contributed by atoms with Gasteiger partial charge in [-0.25, -0.2) is 0 Å². The molecule has 0 bridgehead atoms. The van der Waals surface area contributed by atoms with Crippen LogP contribution >= 0.6 is 0 Å². The molecule has 1 aliphatic carbocycles. The van der Waals surface area contributed by atoms with Crippen molar-refractivity contribution in [3.8, 4) is 0 Å². The highest BCUT2D eigenvalue weighted by atomic mass is 16.2. The molecular formula is C20H26N2O2. The van der Waals surface area contributed by atoms with Gasteiger partial charge in [0.15, 0.2) is 5.78 Å². The number of carbonyl (C=O) groups excluding carboxylic acids is 2. The molecule has 24 heavy (non-hydrogen) atoms. The first-order valence-electron chi connectivity index (χ1n) is 9.40. The van der Waals surface area contributed by atoms with Crippen LogP contribution in [0.25, 0.3) is 0 Å². The largest absolute Gasteiger partial charge is 0.331 e. The molecule has 4 heteroatoms. The van der Waals surface area contributed by atoms with E-state index in [4.69, 9.17) is 0 Å². The Morgan fingerprint density at radius 3 is 2.58 bits per heavy atom. The zero-order valence-electron chi connectivity index (χ0n) is 14.1. The van der Waals surface area contributed by atoms with Gasteiger partial charge in [-0.2, -0.15) is 0 Å². The molecule has 4 rings (SSSR count). The summed E-state index contributed by atoms with van der Waals surface area (Å²) < 4.78 is 0. The number of ketones is 1. The van der Waals surface area contributed by atoms with Gasteiger partial charge in [-0.1, -0.05) is 43.2 Å². The number of nitrogens with zero attached hydrogens (tertiary/aromatic N) is 1. The third-order valence-electron chi connectivity index (χ3n) is 6.06. The summed E-state index contributed by atoms with van der Waals surface area (Å²) in [4.78, 5) is 27.7. The van der Waals surface area contributed by atoms with Crippen molar-refractivity contribution in [3.63, 3.8) is 0 Å². The number of likely N-dealkylation sites (tertiary alicyclic amines) is 1. The molecule has 1 aromatic rings. The SMILES string of the molecule is O=C(c1ccccc1)[C@@H]1CCCN1C(=O)[C@@H]1C[C@@H]2CCCC[C@@H]2N1. The fraction of sp³-hybridized carbons (Fsp3) is 0.600. The van der Waals surface area contributed by atoms with Crippen LogP contribution in [-0.2, 0) is 4.79 Å². The van der Waals surface area contributed by atoms with E-state index < -0.39 is 0 Å². The molecule has 0 radical (unpaired) electrons. The molecule has 3 fully saturated rings. The van der Waals surface area contributed by atoms with E-state index in [1.165, 1.54) is 25.7 Å². The summed E-state index contributed by atoms with van der Waals surface area (Å²) in [6, 6.07) is 9.55. The first-order valence-corrected chi connectivity index (χ1v) is 9.40. The summed E-state index contributed by atoms with van der Waals surface area (Å²) in [5, 5.41) is 3.57. The monoisotopic (exact) mass is 326 g/mol. The van der Waals surface area contributed by atoms with Crippen LogP contribution in [0.3, 0.4) is 0 Å². The van der Waals surface area contributed by atoms with Gasteiger partial charge in [-0.3, -0.25) is 9.59 Å². The van der Waals surface area contributed by atoms with Gasteiger partial charge in [0, 0.05) is 18.2 Å². The molecule has 1 aromatic carbocycles. The summed E-state index contributed by atoms with van der Waals surface area (Å²) in [5.41, 5.74) is 0.718. The number of nitrogens with one attached hydrogen (secondary N) is 1. The Hall–Kier alpha value is -1.68. The Labute approximate surface area is 143 Å². The molecule has 0 unspecified atom stereocenters. The predicted molar refractivity (Wildman–Crippen MR) is 92.8 cm³/mol. The lowest BCUT2D eigenvalue weighted by atomic mass is 9.85. The molecular weight excluding hydrogens is 300 g/mol. The van der Waals surface area contributed by atoms with E-state index in [0.717, 1.165) is 31.4 Å². The lowest BCUT2D eigenvalue weighted by molar-refractivity contribution is -0.133. The highest BCUT2D eigenvalue weighted by Gasteiger charge is 2.43. The minimum absolute atomic E-state index is 0.0812. The van der Waals surface area contributed by atoms with Crippen LogP contribution in [0.5, 0.6) is 0 Å². The standard InChI is InChI=1S/C20H26N2O2/c23-19(14-7-2-1-3-8-14)18-11-6-12-22(18)20(24)17-13-15-9-4-5-10-16(15)21-17/h1-3,7-8,15-18,21H,4-6,9-13H2/t15-,16-,17-,18-/m0/s1. The molecule has 2 saturated heterocycles. The lowest BCUT2D eigenvalue weighted by Gasteiger charge is -2.27. The highest BCUT2D eigenvalue weighted by molar-refractivity contribution is 6.02. The number of benzene rings is 1. The van der Waals surface area contributed by atoms with Gasteiger partial charge in [0.1, 0.15) is 0 Å². The van der Waals surface area contributed by atoms with Crippen molar-refractivity contribution in [1.29, 1.82) is 0 Å². The Kier molecular flexibility index (Phi) is 4.40. The van der Waals surface area contributed by atoms with E-state index in [2.05, 4.69) is 5.32 Å². The van der Waals surface area contributed by atoms with Crippen molar-refractivity contribution >= 4 is 11.7 Å². The minimum Gasteiger partial charge on any atom is -0.331 e. The fourth-order valence-electron chi connectivity index (χ4n) is 4.81. The van der Waals surface area contributed by atoms with Crippen LogP contribution in [0.1, 0.15) is 55.3 Å². The summed E-state index contributed by atoms with van der Waals surface area (Å²) in [6.07, 6.45) is 7.67. The third kappa shape index (κ3) is 2.88. The van der Waals surface area contributed by atoms with Crippen molar-refractivity contribution in [2.75, 3.05) is 6.54 Å². The van der Waals surface area contributed by atoms with Crippen LogP contribution < -0.4 is 5.32 Å². The Morgan fingerprint density at radius 1 is 1.00 bits per heavy atom. The summed E-state index contributed by atoms with van der Waals surface area (Å²) in [7, 11) is 0. The summed E-state index contributed by atoms with van der Waals surface area (Å²) >= 11 is 0. The molecule has 2 heterocycles. The normalized spacial score (nSPS) is 32.6. The molecule has 0 spiro atoms. The molecule has 2 aliphatic heterocycles. The second-order valence-corrected chi connectivity index (χ2v) is 7.53. The van der Waals surface area contributed by atoms with Crippen molar-refractivity contribution in [2.45, 2.75) is 63.1 Å². The van der Waals surface area contributed by atoms with E-state index in [1.807, 2.05) is 35.2 Å². The van der Waals surface area contributed by atoms with Crippen LogP contribution in [-0.4, -0.2) is 41.3 Å². The molecule has 0 aromatic heterocycles. The molecule has 1 amide bonds.